The summed E-state index contributed by atoms with van der Waals surface area (Å²) in [4.78, 5) is 19.1. The van der Waals surface area contributed by atoms with Gasteiger partial charge in [-0.05, 0) is 28.4 Å². The summed E-state index contributed by atoms with van der Waals surface area (Å²) in [7, 11) is 1.77. The lowest BCUT2D eigenvalue weighted by molar-refractivity contribution is -0.129. The van der Waals surface area contributed by atoms with E-state index in [9.17, 15) is 4.79 Å². The Balaban J connectivity index is 1.79. The quantitative estimate of drug-likeness (QED) is 0.629. The monoisotopic (exact) mass is 372 g/mol. The topological polar surface area (TPSA) is 56.7 Å². The van der Waals surface area contributed by atoms with E-state index in [1.807, 2.05) is 11.8 Å². The number of rotatable bonds is 4. The zero-order valence-corrected chi connectivity index (χ0v) is 14.8. The zero-order chi connectivity index (χ0) is 15.2. The average molecular weight is 373 g/mol. The van der Waals surface area contributed by atoms with Gasteiger partial charge in [0.25, 0.3) is 0 Å². The van der Waals surface area contributed by atoms with E-state index in [1.54, 1.807) is 18.4 Å². The first-order valence-corrected chi connectivity index (χ1v) is 8.77. The first-order chi connectivity index (χ1) is 10.1. The summed E-state index contributed by atoms with van der Waals surface area (Å²) in [5.41, 5.74) is 0. The summed E-state index contributed by atoms with van der Waals surface area (Å²) in [5.74, 6) is 1.01. The van der Waals surface area contributed by atoms with Gasteiger partial charge in [-0.15, -0.1) is 11.3 Å². The number of nitrogens with zero attached hydrogens (tertiary/aromatic N) is 2. The molecular weight excluding hydrogens is 352 g/mol. The Hall–Kier alpha value is -1.08. The van der Waals surface area contributed by atoms with Gasteiger partial charge >= 0.3 is 0 Å². The van der Waals surface area contributed by atoms with Crippen LogP contribution < -0.4 is 10.6 Å². The molecule has 1 unspecified atom stereocenters. The highest BCUT2D eigenvalue weighted by atomic mass is 79.9. The number of hydrogen-bond acceptors (Lipinski definition) is 3. The molecule has 1 aliphatic heterocycles. The van der Waals surface area contributed by atoms with Gasteiger partial charge in [0.2, 0.25) is 5.91 Å². The maximum absolute atomic E-state index is 11.7. The number of hydrogen-bond donors (Lipinski definition) is 2. The molecule has 2 N–H and O–H groups in total. The Morgan fingerprint density at radius 2 is 2.43 bits per heavy atom. The molecule has 0 bridgehead atoms. The summed E-state index contributed by atoms with van der Waals surface area (Å²) >= 11 is 5.16. The molecule has 1 aliphatic rings. The number of halogens is 1. The molecule has 0 aromatic carbocycles. The Labute approximate surface area is 137 Å². The number of carbonyl (C=O) groups excluding carboxylic acids is 1. The molecule has 1 saturated heterocycles. The van der Waals surface area contributed by atoms with E-state index in [4.69, 9.17) is 0 Å². The molecule has 1 fully saturated rings. The van der Waals surface area contributed by atoms with Crippen molar-refractivity contribution in [3.63, 3.8) is 0 Å². The highest BCUT2D eigenvalue weighted by molar-refractivity contribution is 9.10. The van der Waals surface area contributed by atoms with Crippen LogP contribution in [0, 0.1) is 0 Å². The van der Waals surface area contributed by atoms with E-state index in [-0.39, 0.29) is 11.9 Å². The fraction of sp³-hybridized carbons (Fsp3) is 0.571. The van der Waals surface area contributed by atoms with Crippen LogP contribution in [0.5, 0.6) is 0 Å². The Bertz CT molecular complexity index is 517. The fourth-order valence-electron chi connectivity index (χ4n) is 2.33. The van der Waals surface area contributed by atoms with Crippen molar-refractivity contribution in [3.05, 3.63) is 20.8 Å². The second-order valence-electron chi connectivity index (χ2n) is 4.98. The summed E-state index contributed by atoms with van der Waals surface area (Å²) in [6.07, 6.45) is 1.55. The molecule has 0 spiro atoms. The van der Waals surface area contributed by atoms with E-state index in [2.05, 4.69) is 43.0 Å². The van der Waals surface area contributed by atoms with Crippen molar-refractivity contribution in [2.24, 2.45) is 4.99 Å². The number of nitrogens with one attached hydrogen (secondary N) is 2. The first kappa shape index (κ1) is 16.3. The maximum Gasteiger partial charge on any atom is 0.222 e. The maximum atomic E-state index is 11.7. The van der Waals surface area contributed by atoms with Crippen LogP contribution in [0.1, 0.15) is 24.6 Å². The molecule has 1 atom stereocenters. The van der Waals surface area contributed by atoms with Crippen LogP contribution in [0.2, 0.25) is 0 Å². The van der Waals surface area contributed by atoms with Crippen LogP contribution in [0.15, 0.2) is 20.9 Å². The first-order valence-electron chi connectivity index (χ1n) is 7.10. The molecule has 21 heavy (non-hydrogen) atoms. The van der Waals surface area contributed by atoms with Crippen molar-refractivity contribution in [2.45, 2.75) is 32.4 Å². The van der Waals surface area contributed by atoms with Gasteiger partial charge in [-0.25, -0.2) is 0 Å². The van der Waals surface area contributed by atoms with Crippen molar-refractivity contribution in [3.8, 4) is 0 Å². The molecule has 1 aromatic rings. The standard InChI is InChI=1S/C14H21BrN4OS/c1-3-13(20)19-5-4-11(8-19)18-14(16-2)17-7-12-6-10(15)9-21-12/h6,9,11H,3-5,7-8H2,1-2H3,(H2,16,17,18). The third kappa shape index (κ3) is 4.71. The molecule has 0 radical (unpaired) electrons. The molecule has 7 heteroatoms. The highest BCUT2D eigenvalue weighted by Crippen LogP contribution is 2.19. The number of guanidine groups is 1. The van der Waals surface area contributed by atoms with Crippen LogP contribution in [0.4, 0.5) is 0 Å². The van der Waals surface area contributed by atoms with Gasteiger partial charge in [0.15, 0.2) is 5.96 Å². The molecule has 2 heterocycles. The predicted molar refractivity (Wildman–Crippen MR) is 90.6 cm³/mol. The lowest BCUT2D eigenvalue weighted by Crippen LogP contribution is -2.44. The molecular formula is C14H21BrN4OS. The number of aliphatic imine (C=N–C) groups is 1. The molecule has 1 aromatic heterocycles. The molecule has 116 valence electrons. The number of thiophene rings is 1. The second-order valence-corrected chi connectivity index (χ2v) is 6.89. The van der Waals surface area contributed by atoms with Crippen molar-refractivity contribution in [1.29, 1.82) is 0 Å². The van der Waals surface area contributed by atoms with Gasteiger partial charge in [0.1, 0.15) is 0 Å². The fourth-order valence-corrected chi connectivity index (χ4v) is 3.72. The summed E-state index contributed by atoms with van der Waals surface area (Å²) in [6, 6.07) is 2.38. The molecule has 0 saturated carbocycles. The summed E-state index contributed by atoms with van der Waals surface area (Å²) in [5, 5.41) is 8.77. The Morgan fingerprint density at radius 3 is 3.05 bits per heavy atom. The zero-order valence-electron chi connectivity index (χ0n) is 12.4. The van der Waals surface area contributed by atoms with Crippen molar-refractivity contribution in [1.82, 2.24) is 15.5 Å². The van der Waals surface area contributed by atoms with E-state index >= 15 is 0 Å². The van der Waals surface area contributed by atoms with Gasteiger partial charge in [0, 0.05) is 47.3 Å². The molecule has 2 rings (SSSR count). The smallest absolute Gasteiger partial charge is 0.222 e. The van der Waals surface area contributed by atoms with Crippen LogP contribution in [0.25, 0.3) is 0 Å². The van der Waals surface area contributed by atoms with Gasteiger partial charge < -0.3 is 15.5 Å². The third-order valence-electron chi connectivity index (χ3n) is 3.46. The second kappa shape index (κ2) is 7.79. The normalized spacial score (nSPS) is 18.9. The lowest BCUT2D eigenvalue weighted by Gasteiger charge is -2.18. The van der Waals surface area contributed by atoms with E-state index < -0.39 is 0 Å². The van der Waals surface area contributed by atoms with Gasteiger partial charge in [-0.2, -0.15) is 0 Å². The molecule has 1 amide bonds. The van der Waals surface area contributed by atoms with Gasteiger partial charge in [-0.1, -0.05) is 6.92 Å². The summed E-state index contributed by atoms with van der Waals surface area (Å²) in [6.45, 7) is 4.25. The lowest BCUT2D eigenvalue weighted by atomic mass is 10.3. The third-order valence-corrected chi connectivity index (χ3v) is 5.16. The van der Waals surface area contributed by atoms with Crippen molar-refractivity contribution in [2.75, 3.05) is 20.1 Å². The molecule has 5 nitrogen and oxygen atoms in total. The molecule has 0 aliphatic carbocycles. The van der Waals surface area contributed by atoms with Crippen LogP contribution >= 0.6 is 27.3 Å². The largest absolute Gasteiger partial charge is 0.352 e. The summed E-state index contributed by atoms with van der Waals surface area (Å²) < 4.78 is 1.11. The minimum Gasteiger partial charge on any atom is -0.352 e. The SMILES string of the molecule is CCC(=O)N1CCC(NC(=NC)NCc2cc(Br)cs2)C1. The van der Waals surface area contributed by atoms with Crippen molar-refractivity contribution < 1.29 is 4.79 Å². The number of likely N-dealkylation sites (tertiary alicyclic amines) is 1. The van der Waals surface area contributed by atoms with Gasteiger partial charge in [-0.3, -0.25) is 9.79 Å². The van der Waals surface area contributed by atoms with Crippen LogP contribution in [0.3, 0.4) is 0 Å². The minimum atomic E-state index is 0.227. The Morgan fingerprint density at radius 1 is 1.62 bits per heavy atom. The number of carbonyl (C=O) groups is 1. The Kier molecular flexibility index (Phi) is 6.05. The minimum absolute atomic E-state index is 0.227. The number of amides is 1. The van der Waals surface area contributed by atoms with E-state index in [1.165, 1.54) is 4.88 Å². The highest BCUT2D eigenvalue weighted by Gasteiger charge is 2.25. The predicted octanol–water partition coefficient (Wildman–Crippen LogP) is 2.19. The van der Waals surface area contributed by atoms with E-state index in [0.717, 1.165) is 36.5 Å². The van der Waals surface area contributed by atoms with Crippen LogP contribution in [-0.4, -0.2) is 42.9 Å². The van der Waals surface area contributed by atoms with Gasteiger partial charge in [0.05, 0.1) is 6.54 Å². The average Bonchev–Trinajstić information content (AvgIpc) is 3.11. The van der Waals surface area contributed by atoms with E-state index in [0.29, 0.717) is 6.42 Å². The van der Waals surface area contributed by atoms with Crippen LogP contribution in [-0.2, 0) is 11.3 Å². The van der Waals surface area contributed by atoms with Crippen molar-refractivity contribution >= 4 is 39.1 Å².